The maximum Gasteiger partial charge on any atom is 0.144 e. The number of anilines is 1. The minimum Gasteiger partial charge on any atom is -0.482 e. The van der Waals surface area contributed by atoms with Gasteiger partial charge >= 0.3 is 0 Å². The van der Waals surface area contributed by atoms with Gasteiger partial charge in [-0.05, 0) is 24.3 Å². The van der Waals surface area contributed by atoms with Gasteiger partial charge in [-0.15, -0.1) is 0 Å². The predicted octanol–water partition coefficient (Wildman–Crippen LogP) is 4.02. The van der Waals surface area contributed by atoms with Crippen LogP contribution in [0.3, 0.4) is 0 Å². The van der Waals surface area contributed by atoms with Gasteiger partial charge in [0.2, 0.25) is 0 Å². The lowest BCUT2D eigenvalue weighted by Gasteiger charge is -2.28. The Morgan fingerprint density at radius 3 is 2.89 bits per heavy atom. The number of hydrogen-bond acceptors (Lipinski definition) is 2. The first kappa shape index (κ1) is 11.4. The molecule has 1 aliphatic rings. The summed E-state index contributed by atoms with van der Waals surface area (Å²) >= 11 is 5.90. The van der Waals surface area contributed by atoms with E-state index in [-0.39, 0.29) is 11.9 Å². The van der Waals surface area contributed by atoms with Crippen molar-refractivity contribution >= 4 is 17.3 Å². The van der Waals surface area contributed by atoms with Crippen LogP contribution in [0.1, 0.15) is 11.7 Å². The van der Waals surface area contributed by atoms with Gasteiger partial charge in [-0.3, -0.25) is 0 Å². The van der Waals surface area contributed by atoms with E-state index in [1.165, 1.54) is 6.07 Å². The molecule has 2 aromatic rings. The molecule has 1 atom stereocenters. The number of benzene rings is 2. The molecule has 2 nitrogen and oxygen atoms in total. The minimum absolute atomic E-state index is 0.248. The molecule has 1 N–H and O–H groups in total. The number of nitrogens with one attached hydrogen (secondary N) is 1. The summed E-state index contributed by atoms with van der Waals surface area (Å²) in [5.74, 6) is 0.445. The first-order valence-corrected chi connectivity index (χ1v) is 6.06. The van der Waals surface area contributed by atoms with Gasteiger partial charge in [-0.1, -0.05) is 29.8 Å². The fourth-order valence-corrected chi connectivity index (χ4v) is 2.22. The van der Waals surface area contributed by atoms with Gasteiger partial charge in [0.1, 0.15) is 17.7 Å². The van der Waals surface area contributed by atoms with Crippen molar-refractivity contribution in [1.82, 2.24) is 0 Å². The topological polar surface area (TPSA) is 21.3 Å². The molecule has 0 saturated heterocycles. The van der Waals surface area contributed by atoms with Crippen molar-refractivity contribution in [3.8, 4) is 5.75 Å². The molecule has 0 saturated carbocycles. The van der Waals surface area contributed by atoms with Crippen molar-refractivity contribution in [2.75, 3.05) is 11.9 Å². The SMILES string of the molecule is Fc1ccccc1C1CNc2cc(Cl)ccc2O1. The normalized spacial score (nSPS) is 17.6. The maximum absolute atomic E-state index is 13.7. The van der Waals surface area contributed by atoms with E-state index < -0.39 is 0 Å². The van der Waals surface area contributed by atoms with Crippen molar-refractivity contribution < 1.29 is 9.13 Å². The Hall–Kier alpha value is -1.74. The lowest BCUT2D eigenvalue weighted by atomic mass is 10.1. The maximum atomic E-state index is 13.7. The summed E-state index contributed by atoms with van der Waals surface area (Å²) in [7, 11) is 0. The quantitative estimate of drug-likeness (QED) is 0.839. The first-order valence-electron chi connectivity index (χ1n) is 5.68. The van der Waals surface area contributed by atoms with Crippen molar-refractivity contribution in [1.29, 1.82) is 0 Å². The number of fused-ring (bicyclic) bond motifs is 1. The van der Waals surface area contributed by atoms with Crippen LogP contribution in [0, 0.1) is 5.82 Å². The van der Waals surface area contributed by atoms with E-state index in [1.54, 1.807) is 36.4 Å². The highest BCUT2D eigenvalue weighted by molar-refractivity contribution is 6.30. The molecule has 1 aliphatic heterocycles. The second kappa shape index (κ2) is 4.50. The lowest BCUT2D eigenvalue weighted by molar-refractivity contribution is 0.205. The Labute approximate surface area is 109 Å². The van der Waals surface area contributed by atoms with E-state index in [1.807, 2.05) is 0 Å². The van der Waals surface area contributed by atoms with Crippen molar-refractivity contribution in [3.05, 3.63) is 58.9 Å². The summed E-state index contributed by atoms with van der Waals surface area (Å²) in [6, 6.07) is 12.0. The number of hydrogen-bond donors (Lipinski definition) is 1. The van der Waals surface area contributed by atoms with E-state index in [4.69, 9.17) is 16.3 Å². The fourth-order valence-electron chi connectivity index (χ4n) is 2.05. The zero-order valence-electron chi connectivity index (χ0n) is 9.49. The zero-order chi connectivity index (χ0) is 12.5. The van der Waals surface area contributed by atoms with E-state index in [0.29, 0.717) is 22.9 Å². The standard InChI is InChI=1S/C14H11ClFNO/c15-9-5-6-13-12(7-9)17-8-14(18-13)10-3-1-2-4-11(10)16/h1-7,14,17H,8H2. The van der Waals surface area contributed by atoms with Crippen LogP contribution in [0.15, 0.2) is 42.5 Å². The van der Waals surface area contributed by atoms with E-state index >= 15 is 0 Å². The first-order chi connectivity index (χ1) is 8.74. The Balaban J connectivity index is 1.92. The fraction of sp³-hybridized carbons (Fsp3) is 0.143. The zero-order valence-corrected chi connectivity index (χ0v) is 10.2. The smallest absolute Gasteiger partial charge is 0.144 e. The van der Waals surface area contributed by atoms with Crippen LogP contribution in [-0.2, 0) is 0 Å². The van der Waals surface area contributed by atoms with Crippen LogP contribution >= 0.6 is 11.6 Å². The second-order valence-electron chi connectivity index (χ2n) is 4.15. The highest BCUT2D eigenvalue weighted by atomic mass is 35.5. The summed E-state index contributed by atoms with van der Waals surface area (Å²) in [6.45, 7) is 0.522. The Bertz CT molecular complexity index is 588. The number of ether oxygens (including phenoxy) is 1. The van der Waals surface area contributed by atoms with Crippen LogP contribution in [-0.4, -0.2) is 6.54 Å². The van der Waals surface area contributed by atoms with Gasteiger partial charge in [-0.25, -0.2) is 4.39 Å². The summed E-state index contributed by atoms with van der Waals surface area (Å²) in [4.78, 5) is 0. The molecule has 0 aliphatic carbocycles. The van der Waals surface area contributed by atoms with Gasteiger partial charge in [0.05, 0.1) is 12.2 Å². The summed E-state index contributed by atoms with van der Waals surface area (Å²) in [6.07, 6.45) is -0.320. The Morgan fingerprint density at radius 2 is 2.06 bits per heavy atom. The molecular weight excluding hydrogens is 253 g/mol. The molecule has 0 fully saturated rings. The number of rotatable bonds is 1. The molecule has 0 amide bonds. The summed E-state index contributed by atoms with van der Waals surface area (Å²) < 4.78 is 19.5. The van der Waals surface area contributed by atoms with Crippen molar-refractivity contribution in [2.45, 2.75) is 6.10 Å². The average molecular weight is 264 g/mol. The second-order valence-corrected chi connectivity index (χ2v) is 4.59. The van der Waals surface area contributed by atoms with Crippen LogP contribution in [0.2, 0.25) is 5.02 Å². The highest BCUT2D eigenvalue weighted by Crippen LogP contribution is 2.36. The molecule has 4 heteroatoms. The van der Waals surface area contributed by atoms with E-state index in [0.717, 1.165) is 5.69 Å². The van der Waals surface area contributed by atoms with Gasteiger partial charge in [0.25, 0.3) is 0 Å². The lowest BCUT2D eigenvalue weighted by Crippen LogP contribution is -2.24. The molecule has 0 spiro atoms. The summed E-state index contributed by atoms with van der Waals surface area (Å²) in [5, 5.41) is 3.85. The molecule has 18 heavy (non-hydrogen) atoms. The average Bonchev–Trinajstić information content (AvgIpc) is 2.39. The molecule has 1 heterocycles. The molecule has 0 radical (unpaired) electrons. The molecule has 0 bridgehead atoms. The largest absolute Gasteiger partial charge is 0.482 e. The monoisotopic (exact) mass is 263 g/mol. The third-order valence-electron chi connectivity index (χ3n) is 2.94. The minimum atomic E-state index is -0.320. The van der Waals surface area contributed by atoms with Gasteiger partial charge in [0.15, 0.2) is 0 Å². The Kier molecular flexibility index (Phi) is 2.84. The molecule has 1 unspecified atom stereocenters. The molecule has 92 valence electrons. The molecule has 2 aromatic carbocycles. The Morgan fingerprint density at radius 1 is 1.22 bits per heavy atom. The van der Waals surface area contributed by atoms with Crippen molar-refractivity contribution in [3.63, 3.8) is 0 Å². The predicted molar refractivity (Wildman–Crippen MR) is 69.7 cm³/mol. The third-order valence-corrected chi connectivity index (χ3v) is 3.18. The molecule has 3 rings (SSSR count). The van der Waals surface area contributed by atoms with Crippen LogP contribution < -0.4 is 10.1 Å². The molecule has 0 aromatic heterocycles. The van der Waals surface area contributed by atoms with Gasteiger partial charge < -0.3 is 10.1 Å². The van der Waals surface area contributed by atoms with Gasteiger partial charge in [-0.2, -0.15) is 0 Å². The van der Waals surface area contributed by atoms with Crippen LogP contribution in [0.25, 0.3) is 0 Å². The summed E-state index contributed by atoms with van der Waals surface area (Å²) in [5.41, 5.74) is 1.40. The van der Waals surface area contributed by atoms with E-state index in [2.05, 4.69) is 5.32 Å². The number of halogens is 2. The molecular formula is C14H11ClFNO. The van der Waals surface area contributed by atoms with E-state index in [9.17, 15) is 4.39 Å². The van der Waals surface area contributed by atoms with Crippen molar-refractivity contribution in [2.24, 2.45) is 0 Å². The van der Waals surface area contributed by atoms with Crippen LogP contribution in [0.4, 0.5) is 10.1 Å². The third kappa shape index (κ3) is 2.02. The van der Waals surface area contributed by atoms with Crippen LogP contribution in [0.5, 0.6) is 5.75 Å². The highest BCUT2D eigenvalue weighted by Gasteiger charge is 2.23. The van der Waals surface area contributed by atoms with Gasteiger partial charge in [0, 0.05) is 10.6 Å².